The molecule has 7 heteroatoms. The van der Waals surface area contributed by atoms with Gasteiger partial charge in [0.2, 0.25) is 5.95 Å². The van der Waals surface area contributed by atoms with Crippen molar-refractivity contribution < 1.29 is 0 Å². The number of piperazine rings is 1. The minimum atomic E-state index is 0.273. The Balaban J connectivity index is 1.52. The zero-order chi connectivity index (χ0) is 25.1. The summed E-state index contributed by atoms with van der Waals surface area (Å²) < 4.78 is 0. The van der Waals surface area contributed by atoms with Crippen molar-refractivity contribution in [1.82, 2.24) is 20.6 Å². The molecule has 3 N–H and O–H groups in total. The molecule has 0 radical (unpaired) electrons. The highest BCUT2D eigenvalue weighted by Gasteiger charge is 2.46. The highest BCUT2D eigenvalue weighted by atomic mass is 15.3. The SMILES string of the molecule is C=C1CCCCC1/C(C)=C(\CCC)C(=N)c1cc(N2CCNC3(CC3)C2)nc(N2CCCNCC2)n1. The van der Waals surface area contributed by atoms with E-state index in [0.29, 0.717) is 11.6 Å². The van der Waals surface area contributed by atoms with E-state index in [4.69, 9.17) is 9.97 Å². The monoisotopic (exact) mass is 491 g/mol. The van der Waals surface area contributed by atoms with E-state index in [1.54, 1.807) is 0 Å². The summed E-state index contributed by atoms with van der Waals surface area (Å²) in [5.74, 6) is 2.18. The maximum atomic E-state index is 9.42. The van der Waals surface area contributed by atoms with Gasteiger partial charge in [-0.3, -0.25) is 5.41 Å². The molecule has 2 aliphatic heterocycles. The zero-order valence-corrected chi connectivity index (χ0v) is 22.5. The van der Waals surface area contributed by atoms with Crippen LogP contribution in [0.25, 0.3) is 0 Å². The van der Waals surface area contributed by atoms with E-state index in [9.17, 15) is 5.41 Å². The van der Waals surface area contributed by atoms with E-state index in [2.05, 4.69) is 46.9 Å². The van der Waals surface area contributed by atoms with Crippen LogP contribution >= 0.6 is 0 Å². The van der Waals surface area contributed by atoms with Crippen LogP contribution < -0.4 is 20.4 Å². The lowest BCUT2D eigenvalue weighted by molar-refractivity contribution is 0.440. The molecule has 1 atom stereocenters. The summed E-state index contributed by atoms with van der Waals surface area (Å²) in [5.41, 5.74) is 5.48. The van der Waals surface area contributed by atoms with Crippen molar-refractivity contribution in [3.05, 3.63) is 35.1 Å². The quantitative estimate of drug-likeness (QED) is 0.386. The summed E-state index contributed by atoms with van der Waals surface area (Å²) in [6.45, 7) is 15.6. The minimum absolute atomic E-state index is 0.273. The smallest absolute Gasteiger partial charge is 0.227 e. The van der Waals surface area contributed by atoms with Crippen LogP contribution in [0.2, 0.25) is 0 Å². The van der Waals surface area contributed by atoms with Gasteiger partial charge in [0.05, 0.1) is 11.4 Å². The summed E-state index contributed by atoms with van der Waals surface area (Å²) in [6.07, 6.45) is 10.3. The van der Waals surface area contributed by atoms with E-state index in [1.165, 1.54) is 36.8 Å². The van der Waals surface area contributed by atoms with Crippen molar-refractivity contribution in [2.75, 3.05) is 55.6 Å². The van der Waals surface area contributed by atoms with Crippen molar-refractivity contribution in [1.29, 1.82) is 5.41 Å². The molecule has 2 saturated heterocycles. The number of hydrogen-bond donors (Lipinski definition) is 3. The van der Waals surface area contributed by atoms with E-state index in [0.717, 1.165) is 101 Å². The second-order valence-corrected chi connectivity index (χ2v) is 11.4. The maximum absolute atomic E-state index is 9.42. The Morgan fingerprint density at radius 2 is 1.94 bits per heavy atom. The Hall–Kier alpha value is -2.25. The lowest BCUT2D eigenvalue weighted by Crippen LogP contribution is -2.53. The molecule has 1 aromatic heterocycles. The van der Waals surface area contributed by atoms with Gasteiger partial charge in [0, 0.05) is 56.8 Å². The van der Waals surface area contributed by atoms with Crippen molar-refractivity contribution in [3.63, 3.8) is 0 Å². The lowest BCUT2D eigenvalue weighted by Gasteiger charge is -2.35. The molecule has 0 bridgehead atoms. The maximum Gasteiger partial charge on any atom is 0.227 e. The van der Waals surface area contributed by atoms with Crippen molar-refractivity contribution in [2.24, 2.45) is 5.92 Å². The number of anilines is 2. The molecule has 2 saturated carbocycles. The first-order valence-electron chi connectivity index (χ1n) is 14.3. The molecule has 0 amide bonds. The molecule has 7 nitrogen and oxygen atoms in total. The molecule has 0 aromatic carbocycles. The van der Waals surface area contributed by atoms with E-state index in [1.807, 2.05) is 0 Å². The number of nitrogens with one attached hydrogen (secondary N) is 3. The largest absolute Gasteiger partial charge is 0.353 e. The Labute approximate surface area is 217 Å². The van der Waals surface area contributed by atoms with Gasteiger partial charge in [0.15, 0.2) is 0 Å². The van der Waals surface area contributed by atoms with Gasteiger partial charge >= 0.3 is 0 Å². The number of rotatable bonds is 7. The van der Waals surface area contributed by atoms with Crippen LogP contribution in [0.3, 0.4) is 0 Å². The lowest BCUT2D eigenvalue weighted by atomic mass is 9.78. The van der Waals surface area contributed by atoms with Crippen LogP contribution in [0.4, 0.5) is 11.8 Å². The highest BCUT2D eigenvalue weighted by Crippen LogP contribution is 2.39. The molecule has 196 valence electrons. The fraction of sp³-hybridized carbons (Fsp3) is 0.690. The van der Waals surface area contributed by atoms with Crippen molar-refractivity contribution in [2.45, 2.75) is 77.2 Å². The zero-order valence-electron chi connectivity index (χ0n) is 22.5. The first kappa shape index (κ1) is 25.4. The third-order valence-corrected chi connectivity index (χ3v) is 8.67. The first-order valence-corrected chi connectivity index (χ1v) is 14.3. The van der Waals surface area contributed by atoms with Crippen LogP contribution in [-0.2, 0) is 0 Å². The third kappa shape index (κ3) is 5.52. The topological polar surface area (TPSA) is 80.2 Å². The van der Waals surface area contributed by atoms with E-state index >= 15 is 0 Å². The molecule has 4 aliphatic rings. The third-order valence-electron chi connectivity index (χ3n) is 8.67. The van der Waals surface area contributed by atoms with Crippen LogP contribution in [0.1, 0.15) is 77.3 Å². The van der Waals surface area contributed by atoms with Crippen molar-refractivity contribution >= 4 is 17.5 Å². The molecule has 36 heavy (non-hydrogen) atoms. The van der Waals surface area contributed by atoms with Crippen LogP contribution in [-0.4, -0.2) is 67.0 Å². The van der Waals surface area contributed by atoms with Gasteiger partial charge in [0.25, 0.3) is 0 Å². The fourth-order valence-corrected chi connectivity index (χ4v) is 6.27. The van der Waals surface area contributed by atoms with Gasteiger partial charge in [-0.05, 0) is 64.0 Å². The van der Waals surface area contributed by atoms with Crippen LogP contribution in [0.5, 0.6) is 0 Å². The molecule has 1 unspecified atom stereocenters. The standard InChI is InChI=1S/C29H45N7/c1-4-8-24(22(3)23-10-6-5-9-21(23)2)27(30)25-19-26(36-18-15-32-29(20-36)11-12-29)34-28(33-25)35-16-7-13-31-14-17-35/h19,23,30-32H,2,4-18,20H2,1,3H3/b24-22+,30-27?. The fourth-order valence-electron chi connectivity index (χ4n) is 6.27. The second-order valence-electron chi connectivity index (χ2n) is 11.4. The van der Waals surface area contributed by atoms with Gasteiger partial charge in [-0.2, -0.15) is 4.98 Å². The van der Waals surface area contributed by atoms with Crippen LogP contribution in [0.15, 0.2) is 29.4 Å². The summed E-state index contributed by atoms with van der Waals surface area (Å²) in [4.78, 5) is 14.9. The summed E-state index contributed by atoms with van der Waals surface area (Å²) in [7, 11) is 0. The predicted octanol–water partition coefficient (Wildman–Crippen LogP) is 4.45. The minimum Gasteiger partial charge on any atom is -0.353 e. The van der Waals surface area contributed by atoms with Gasteiger partial charge in [-0.1, -0.05) is 37.5 Å². The number of aromatic nitrogens is 2. The van der Waals surface area contributed by atoms with Crippen molar-refractivity contribution in [3.8, 4) is 0 Å². The number of nitrogens with zero attached hydrogens (tertiary/aromatic N) is 4. The molecule has 5 rings (SSSR count). The van der Waals surface area contributed by atoms with Crippen LogP contribution in [0, 0.1) is 11.3 Å². The summed E-state index contributed by atoms with van der Waals surface area (Å²) >= 11 is 0. The average molecular weight is 492 g/mol. The first-order chi connectivity index (χ1) is 17.5. The molecule has 1 aromatic rings. The Morgan fingerprint density at radius 1 is 1.11 bits per heavy atom. The Bertz CT molecular complexity index is 1000. The Morgan fingerprint density at radius 3 is 2.72 bits per heavy atom. The molecular formula is C29H45N7. The predicted molar refractivity (Wildman–Crippen MR) is 149 cm³/mol. The second kappa shape index (κ2) is 11.0. The van der Waals surface area contributed by atoms with Gasteiger partial charge < -0.3 is 20.4 Å². The molecule has 2 aliphatic carbocycles. The van der Waals surface area contributed by atoms with E-state index in [-0.39, 0.29) is 5.54 Å². The number of hydrogen-bond acceptors (Lipinski definition) is 7. The summed E-state index contributed by atoms with van der Waals surface area (Å²) in [6, 6.07) is 2.10. The normalized spacial score (nSPS) is 24.9. The molecule has 4 fully saturated rings. The van der Waals surface area contributed by atoms with Gasteiger partial charge in [0.1, 0.15) is 5.82 Å². The highest BCUT2D eigenvalue weighted by molar-refractivity contribution is 6.10. The Kier molecular flexibility index (Phi) is 7.77. The molecule has 3 heterocycles. The average Bonchev–Trinajstić information content (AvgIpc) is 3.70. The number of allylic oxidation sites excluding steroid dienone is 3. The van der Waals surface area contributed by atoms with Gasteiger partial charge in [-0.25, -0.2) is 4.98 Å². The van der Waals surface area contributed by atoms with Gasteiger partial charge in [-0.15, -0.1) is 0 Å². The van der Waals surface area contributed by atoms with E-state index < -0.39 is 0 Å². The molecule has 1 spiro atoms. The summed E-state index contributed by atoms with van der Waals surface area (Å²) in [5, 5.41) is 16.6. The molecular weight excluding hydrogens is 446 g/mol.